The normalized spacial score (nSPS) is 14.3. The zero-order valence-electron chi connectivity index (χ0n) is 21.3. The Morgan fingerprint density at radius 3 is 2.41 bits per heavy atom. The molecule has 3 aromatic carbocycles. The number of amides is 2. The van der Waals surface area contributed by atoms with Crippen LogP contribution in [0.5, 0.6) is 0 Å². The minimum atomic E-state index is -0.759. The lowest BCUT2D eigenvalue weighted by Crippen LogP contribution is -2.52. The molecule has 39 heavy (non-hydrogen) atoms. The molecule has 0 bridgehead atoms. The summed E-state index contributed by atoms with van der Waals surface area (Å²) in [5, 5.41) is 4.40. The first-order valence-corrected chi connectivity index (χ1v) is 15.2. The lowest BCUT2D eigenvalue weighted by molar-refractivity contribution is -0.139. The van der Waals surface area contributed by atoms with Gasteiger partial charge in [0, 0.05) is 45.4 Å². The Labute approximate surface area is 248 Å². The van der Waals surface area contributed by atoms with E-state index in [1.165, 1.54) is 17.8 Å². The Kier molecular flexibility index (Phi) is 11.0. The third kappa shape index (κ3) is 8.37. The van der Waals surface area contributed by atoms with E-state index in [0.717, 1.165) is 31.2 Å². The standard InChI is InChI=1S/C30H30Cl3FN2O2S/c31-22-14-13-21(26(33)16-22)17-36(29(37)19-39-18-24-25(32)11-6-12-27(24)34)28(15-20-7-2-1-3-8-20)30(38)35-23-9-4-5-10-23/h1-3,6-8,11-14,16,23,28H,4-5,9-10,15,17-19H2,(H,35,38)/t28-/m1/s1. The summed E-state index contributed by atoms with van der Waals surface area (Å²) in [6, 6.07) is 18.6. The molecule has 0 radical (unpaired) electrons. The zero-order chi connectivity index (χ0) is 27.8. The van der Waals surface area contributed by atoms with Crippen molar-refractivity contribution in [2.45, 2.75) is 56.5 Å². The number of carbonyl (C=O) groups is 2. The smallest absolute Gasteiger partial charge is 0.243 e. The number of nitrogens with zero attached hydrogens (tertiary/aromatic N) is 1. The second kappa shape index (κ2) is 14.4. The molecule has 1 atom stereocenters. The van der Waals surface area contributed by atoms with E-state index in [9.17, 15) is 14.0 Å². The van der Waals surface area contributed by atoms with Gasteiger partial charge in [-0.1, -0.05) is 90.1 Å². The van der Waals surface area contributed by atoms with Crippen LogP contribution in [0.15, 0.2) is 66.7 Å². The summed E-state index contributed by atoms with van der Waals surface area (Å²) in [5.41, 5.74) is 1.97. The Morgan fingerprint density at radius 2 is 1.72 bits per heavy atom. The van der Waals surface area contributed by atoms with Gasteiger partial charge in [-0.05, 0) is 48.2 Å². The summed E-state index contributed by atoms with van der Waals surface area (Å²) in [7, 11) is 0. The molecule has 0 aliphatic heterocycles. The molecule has 1 aliphatic rings. The van der Waals surface area contributed by atoms with Crippen LogP contribution in [0.4, 0.5) is 4.39 Å². The summed E-state index contributed by atoms with van der Waals surface area (Å²) in [4.78, 5) is 29.1. The van der Waals surface area contributed by atoms with Gasteiger partial charge in [0.25, 0.3) is 0 Å². The molecule has 2 amide bonds. The number of carbonyl (C=O) groups excluding carboxylic acids is 2. The lowest BCUT2D eigenvalue weighted by atomic mass is 10.0. The van der Waals surface area contributed by atoms with Crippen LogP contribution in [0.1, 0.15) is 42.4 Å². The largest absolute Gasteiger partial charge is 0.352 e. The number of hydrogen-bond acceptors (Lipinski definition) is 3. The van der Waals surface area contributed by atoms with Gasteiger partial charge in [-0.25, -0.2) is 4.39 Å². The Morgan fingerprint density at radius 1 is 0.974 bits per heavy atom. The van der Waals surface area contributed by atoms with E-state index in [2.05, 4.69) is 5.32 Å². The molecule has 4 nitrogen and oxygen atoms in total. The molecule has 0 saturated heterocycles. The fourth-order valence-corrected chi connectivity index (χ4v) is 6.47. The quantitative estimate of drug-likeness (QED) is 0.243. The maximum atomic E-state index is 14.3. The van der Waals surface area contributed by atoms with Crippen molar-refractivity contribution in [2.75, 3.05) is 5.75 Å². The van der Waals surface area contributed by atoms with E-state index in [1.54, 1.807) is 35.2 Å². The molecule has 0 heterocycles. The highest BCUT2D eigenvalue weighted by molar-refractivity contribution is 7.99. The van der Waals surface area contributed by atoms with Gasteiger partial charge >= 0.3 is 0 Å². The van der Waals surface area contributed by atoms with Crippen LogP contribution in [0.2, 0.25) is 15.1 Å². The summed E-state index contributed by atoms with van der Waals surface area (Å²) in [6.45, 7) is 0.130. The number of halogens is 4. The highest BCUT2D eigenvalue weighted by Crippen LogP contribution is 2.27. The average Bonchev–Trinajstić information content (AvgIpc) is 3.42. The van der Waals surface area contributed by atoms with Gasteiger partial charge in [-0.15, -0.1) is 11.8 Å². The van der Waals surface area contributed by atoms with Crippen LogP contribution < -0.4 is 5.32 Å². The summed E-state index contributed by atoms with van der Waals surface area (Å²) in [6.07, 6.45) is 4.36. The minimum absolute atomic E-state index is 0.0396. The highest BCUT2D eigenvalue weighted by Gasteiger charge is 2.32. The topological polar surface area (TPSA) is 49.4 Å². The maximum absolute atomic E-state index is 14.3. The van der Waals surface area contributed by atoms with Crippen molar-refractivity contribution in [3.63, 3.8) is 0 Å². The van der Waals surface area contributed by atoms with E-state index in [0.29, 0.717) is 32.6 Å². The Balaban J connectivity index is 1.60. The van der Waals surface area contributed by atoms with E-state index >= 15 is 0 Å². The van der Waals surface area contributed by atoms with Crippen LogP contribution in [0.25, 0.3) is 0 Å². The monoisotopic (exact) mass is 606 g/mol. The first-order valence-electron chi connectivity index (χ1n) is 12.9. The van der Waals surface area contributed by atoms with Crippen molar-refractivity contribution in [1.29, 1.82) is 0 Å². The van der Waals surface area contributed by atoms with Crippen molar-refractivity contribution < 1.29 is 14.0 Å². The fraction of sp³-hybridized carbons (Fsp3) is 0.333. The zero-order valence-corrected chi connectivity index (χ0v) is 24.4. The van der Waals surface area contributed by atoms with Gasteiger partial charge in [-0.2, -0.15) is 0 Å². The molecule has 9 heteroatoms. The molecule has 206 valence electrons. The van der Waals surface area contributed by atoms with Gasteiger partial charge in [0.2, 0.25) is 11.8 Å². The molecule has 1 fully saturated rings. The fourth-order valence-electron chi connectivity index (χ4n) is 4.75. The number of rotatable bonds is 11. The molecule has 4 rings (SSSR count). The van der Waals surface area contributed by atoms with Crippen molar-refractivity contribution in [3.05, 3.63) is 104 Å². The predicted molar refractivity (Wildman–Crippen MR) is 159 cm³/mol. The molecule has 3 aromatic rings. The predicted octanol–water partition coefficient (Wildman–Crippen LogP) is 7.72. The molecule has 1 aliphatic carbocycles. The van der Waals surface area contributed by atoms with E-state index in [4.69, 9.17) is 34.8 Å². The highest BCUT2D eigenvalue weighted by atomic mass is 35.5. The van der Waals surface area contributed by atoms with Gasteiger partial charge in [0.1, 0.15) is 11.9 Å². The molecule has 1 N–H and O–H groups in total. The van der Waals surface area contributed by atoms with Crippen molar-refractivity contribution in [2.24, 2.45) is 0 Å². The molecular weight excluding hydrogens is 578 g/mol. The van der Waals surface area contributed by atoms with Gasteiger partial charge < -0.3 is 10.2 Å². The van der Waals surface area contributed by atoms with Crippen molar-refractivity contribution in [3.8, 4) is 0 Å². The summed E-state index contributed by atoms with van der Waals surface area (Å²) in [5.74, 6) is -0.583. The minimum Gasteiger partial charge on any atom is -0.352 e. The number of benzene rings is 3. The van der Waals surface area contributed by atoms with Crippen molar-refractivity contribution in [1.82, 2.24) is 10.2 Å². The number of thioether (sulfide) groups is 1. The number of nitrogens with one attached hydrogen (secondary N) is 1. The van der Waals surface area contributed by atoms with E-state index in [1.807, 2.05) is 30.3 Å². The third-order valence-electron chi connectivity index (χ3n) is 6.86. The Hall–Kier alpha value is -2.25. The second-order valence-electron chi connectivity index (χ2n) is 9.65. The second-order valence-corrected chi connectivity index (χ2v) is 11.9. The van der Waals surface area contributed by atoms with E-state index < -0.39 is 11.9 Å². The van der Waals surface area contributed by atoms with Gasteiger partial charge in [0.05, 0.1) is 5.75 Å². The first-order chi connectivity index (χ1) is 18.8. The number of hydrogen-bond donors (Lipinski definition) is 1. The summed E-state index contributed by atoms with van der Waals surface area (Å²) >= 11 is 20.0. The van der Waals surface area contributed by atoms with Crippen LogP contribution in [-0.2, 0) is 28.3 Å². The first kappa shape index (κ1) is 29.7. The van der Waals surface area contributed by atoms with Crippen LogP contribution in [-0.4, -0.2) is 34.6 Å². The molecule has 0 unspecified atom stereocenters. The van der Waals surface area contributed by atoms with Gasteiger partial charge in [0.15, 0.2) is 0 Å². The van der Waals surface area contributed by atoms with Crippen LogP contribution in [0.3, 0.4) is 0 Å². The van der Waals surface area contributed by atoms with E-state index in [-0.39, 0.29) is 35.9 Å². The summed E-state index contributed by atoms with van der Waals surface area (Å²) < 4.78 is 14.3. The lowest BCUT2D eigenvalue weighted by Gasteiger charge is -2.32. The molecule has 0 aromatic heterocycles. The third-order valence-corrected chi connectivity index (χ3v) is 8.75. The molecular formula is C30H30Cl3FN2O2S. The van der Waals surface area contributed by atoms with Gasteiger partial charge in [-0.3, -0.25) is 9.59 Å². The van der Waals surface area contributed by atoms with Crippen LogP contribution in [0, 0.1) is 5.82 Å². The van der Waals surface area contributed by atoms with Crippen molar-refractivity contribution >= 4 is 58.4 Å². The Bertz CT molecular complexity index is 1270. The average molecular weight is 608 g/mol. The van der Waals surface area contributed by atoms with Crippen LogP contribution >= 0.6 is 46.6 Å². The maximum Gasteiger partial charge on any atom is 0.243 e. The molecule has 1 saturated carbocycles. The molecule has 0 spiro atoms. The SMILES string of the molecule is O=C(NC1CCCC1)[C@@H](Cc1ccccc1)N(Cc1ccc(Cl)cc1Cl)C(=O)CSCc1c(F)cccc1Cl.